The maximum Gasteiger partial charge on any atom is 0.328 e. The van der Waals surface area contributed by atoms with Crippen molar-refractivity contribution in [2.24, 2.45) is 0 Å². The molecule has 0 spiro atoms. The van der Waals surface area contributed by atoms with Gasteiger partial charge in [0.15, 0.2) is 0 Å². The highest BCUT2D eigenvalue weighted by atomic mass is 16.2. The smallest absolute Gasteiger partial charge is 0.299 e. The monoisotopic (exact) mass is 197 g/mol. The zero-order valence-corrected chi connectivity index (χ0v) is 8.32. The molecule has 0 aliphatic carbocycles. The average molecular weight is 197 g/mol. The number of amides is 3. The molecule has 2 saturated heterocycles. The van der Waals surface area contributed by atoms with E-state index in [-0.39, 0.29) is 24.6 Å². The molecule has 2 rings (SSSR count). The first-order chi connectivity index (χ1) is 6.74. The zero-order valence-electron chi connectivity index (χ0n) is 8.32. The number of hydrogen-bond acceptors (Lipinski definition) is 3. The van der Waals surface area contributed by atoms with E-state index < -0.39 is 0 Å². The van der Waals surface area contributed by atoms with Crippen molar-refractivity contribution in [2.45, 2.75) is 25.9 Å². The van der Waals surface area contributed by atoms with E-state index in [4.69, 9.17) is 0 Å². The van der Waals surface area contributed by atoms with Gasteiger partial charge >= 0.3 is 6.03 Å². The highest BCUT2D eigenvalue weighted by Crippen LogP contribution is 2.17. The number of nitrogens with zero attached hydrogens (tertiary/aromatic N) is 2. The molecule has 14 heavy (non-hydrogen) atoms. The number of imide groups is 1. The number of hydrogen-bond donors (Lipinski definition) is 1. The molecule has 1 atom stereocenters. The van der Waals surface area contributed by atoms with Gasteiger partial charge in [-0.3, -0.25) is 19.9 Å². The minimum Gasteiger partial charge on any atom is -0.299 e. The lowest BCUT2D eigenvalue weighted by Gasteiger charge is -2.22. The summed E-state index contributed by atoms with van der Waals surface area (Å²) in [7, 11) is 0. The lowest BCUT2D eigenvalue weighted by atomic mass is 10.3. The first-order valence-electron chi connectivity index (χ1n) is 5.08. The maximum atomic E-state index is 11.7. The van der Waals surface area contributed by atoms with Crippen LogP contribution in [0, 0.1) is 0 Å². The summed E-state index contributed by atoms with van der Waals surface area (Å²) in [6.07, 6.45) is 2.11. The average Bonchev–Trinajstić information content (AvgIpc) is 2.74. The summed E-state index contributed by atoms with van der Waals surface area (Å²) in [4.78, 5) is 26.1. The molecule has 0 aromatic heterocycles. The van der Waals surface area contributed by atoms with Crippen LogP contribution >= 0.6 is 0 Å². The lowest BCUT2D eigenvalue weighted by Crippen LogP contribution is -2.44. The van der Waals surface area contributed by atoms with Gasteiger partial charge in [0.25, 0.3) is 0 Å². The van der Waals surface area contributed by atoms with E-state index in [0.717, 1.165) is 19.4 Å². The Balaban J connectivity index is 2.07. The summed E-state index contributed by atoms with van der Waals surface area (Å²) < 4.78 is 0. The molecule has 78 valence electrons. The molecule has 2 aliphatic rings. The van der Waals surface area contributed by atoms with Crippen LogP contribution < -0.4 is 5.32 Å². The van der Waals surface area contributed by atoms with Gasteiger partial charge in [-0.15, -0.1) is 0 Å². The molecule has 1 unspecified atom stereocenters. The van der Waals surface area contributed by atoms with Gasteiger partial charge in [-0.05, 0) is 26.3 Å². The van der Waals surface area contributed by atoms with Gasteiger partial charge in [0.1, 0.15) is 6.54 Å². The summed E-state index contributed by atoms with van der Waals surface area (Å²) in [5, 5.41) is 3.22. The Kier molecular flexibility index (Phi) is 2.41. The van der Waals surface area contributed by atoms with Crippen LogP contribution in [0.3, 0.4) is 0 Å². The van der Waals surface area contributed by atoms with Crippen LogP contribution in [-0.2, 0) is 4.79 Å². The molecule has 1 N–H and O–H groups in total. The SMILES string of the molecule is CCN1C(=O)CN(C2CCCN2)C1=O. The third-order valence-corrected chi connectivity index (χ3v) is 2.81. The Morgan fingerprint density at radius 3 is 2.79 bits per heavy atom. The Morgan fingerprint density at radius 2 is 2.29 bits per heavy atom. The molecule has 3 amide bonds. The molecule has 5 heteroatoms. The molecule has 0 aromatic rings. The number of nitrogens with one attached hydrogen (secondary N) is 1. The molecule has 0 aromatic carbocycles. The van der Waals surface area contributed by atoms with Crippen molar-refractivity contribution >= 4 is 11.9 Å². The molecule has 0 bridgehead atoms. The van der Waals surface area contributed by atoms with Gasteiger partial charge in [-0.25, -0.2) is 4.79 Å². The normalized spacial score (nSPS) is 27.9. The molecule has 5 nitrogen and oxygen atoms in total. The minimum atomic E-state index is -0.142. The summed E-state index contributed by atoms with van der Waals surface area (Å²) in [5.41, 5.74) is 0. The second kappa shape index (κ2) is 3.57. The third-order valence-electron chi connectivity index (χ3n) is 2.81. The van der Waals surface area contributed by atoms with E-state index in [2.05, 4.69) is 5.32 Å². The van der Waals surface area contributed by atoms with Crippen molar-refractivity contribution in [1.29, 1.82) is 0 Å². The second-order valence-corrected chi connectivity index (χ2v) is 3.66. The Hall–Kier alpha value is -1.10. The predicted molar refractivity (Wildman–Crippen MR) is 50.5 cm³/mol. The molecule has 2 heterocycles. The van der Waals surface area contributed by atoms with Crippen molar-refractivity contribution in [3.05, 3.63) is 0 Å². The van der Waals surface area contributed by atoms with Gasteiger partial charge in [-0.1, -0.05) is 0 Å². The maximum absolute atomic E-state index is 11.7. The molecule has 0 saturated carbocycles. The highest BCUT2D eigenvalue weighted by Gasteiger charge is 2.39. The molecular weight excluding hydrogens is 182 g/mol. The van der Waals surface area contributed by atoms with E-state index in [0.29, 0.717) is 6.54 Å². The summed E-state index contributed by atoms with van der Waals surface area (Å²) in [5.74, 6) is -0.0776. The number of carbonyl (C=O) groups excluding carboxylic acids is 2. The summed E-state index contributed by atoms with van der Waals surface area (Å²) >= 11 is 0. The largest absolute Gasteiger partial charge is 0.328 e. The lowest BCUT2D eigenvalue weighted by molar-refractivity contribution is -0.125. The fourth-order valence-corrected chi connectivity index (χ4v) is 2.05. The molecule has 2 fully saturated rings. The Labute approximate surface area is 83.0 Å². The van der Waals surface area contributed by atoms with Crippen molar-refractivity contribution in [2.75, 3.05) is 19.6 Å². The first kappa shape index (κ1) is 9.45. The van der Waals surface area contributed by atoms with Crippen LogP contribution in [0.25, 0.3) is 0 Å². The molecule has 2 aliphatic heterocycles. The summed E-state index contributed by atoms with van der Waals surface area (Å²) in [6, 6.07) is -0.142. The number of likely N-dealkylation sites (N-methyl/N-ethyl adjacent to an activating group) is 1. The van der Waals surface area contributed by atoms with Crippen molar-refractivity contribution in [3.8, 4) is 0 Å². The Bertz CT molecular complexity index is 261. The van der Waals surface area contributed by atoms with Gasteiger partial charge < -0.3 is 0 Å². The van der Waals surface area contributed by atoms with Crippen molar-refractivity contribution in [1.82, 2.24) is 15.1 Å². The number of carbonyl (C=O) groups is 2. The standard InChI is InChI=1S/C9H15N3O2/c1-2-11-8(13)6-12(9(11)14)7-4-3-5-10-7/h7,10H,2-6H2,1H3. The van der Waals surface area contributed by atoms with Crippen LogP contribution in [0.2, 0.25) is 0 Å². The van der Waals surface area contributed by atoms with E-state index in [9.17, 15) is 9.59 Å². The number of rotatable bonds is 2. The minimum absolute atomic E-state index is 0.0722. The van der Waals surface area contributed by atoms with Crippen LogP contribution in [-0.4, -0.2) is 47.5 Å². The van der Waals surface area contributed by atoms with Gasteiger partial charge in [0.05, 0.1) is 6.17 Å². The van der Waals surface area contributed by atoms with E-state index in [1.54, 1.807) is 4.90 Å². The first-order valence-corrected chi connectivity index (χ1v) is 5.08. The fraction of sp³-hybridized carbons (Fsp3) is 0.778. The van der Waals surface area contributed by atoms with E-state index >= 15 is 0 Å². The number of urea groups is 1. The van der Waals surface area contributed by atoms with Crippen LogP contribution in [0.5, 0.6) is 0 Å². The fourth-order valence-electron chi connectivity index (χ4n) is 2.05. The van der Waals surface area contributed by atoms with Crippen molar-refractivity contribution in [3.63, 3.8) is 0 Å². The van der Waals surface area contributed by atoms with Gasteiger partial charge in [-0.2, -0.15) is 0 Å². The Morgan fingerprint density at radius 1 is 1.50 bits per heavy atom. The van der Waals surface area contributed by atoms with E-state index in [1.165, 1.54) is 4.90 Å². The topological polar surface area (TPSA) is 52.7 Å². The van der Waals surface area contributed by atoms with Gasteiger partial charge in [0, 0.05) is 6.54 Å². The summed E-state index contributed by atoms with van der Waals surface area (Å²) in [6.45, 7) is 3.47. The molecular formula is C9H15N3O2. The van der Waals surface area contributed by atoms with Crippen molar-refractivity contribution < 1.29 is 9.59 Å². The van der Waals surface area contributed by atoms with Crippen LogP contribution in [0.15, 0.2) is 0 Å². The van der Waals surface area contributed by atoms with Crippen LogP contribution in [0.1, 0.15) is 19.8 Å². The second-order valence-electron chi connectivity index (χ2n) is 3.66. The zero-order chi connectivity index (χ0) is 10.1. The third kappa shape index (κ3) is 1.37. The van der Waals surface area contributed by atoms with Gasteiger partial charge in [0.2, 0.25) is 5.91 Å². The highest BCUT2D eigenvalue weighted by molar-refractivity contribution is 6.02. The predicted octanol–water partition coefficient (Wildman–Crippen LogP) is -0.0200. The van der Waals surface area contributed by atoms with E-state index in [1.807, 2.05) is 6.92 Å². The molecule has 0 radical (unpaired) electrons. The quantitative estimate of drug-likeness (QED) is 0.633. The van der Waals surface area contributed by atoms with Crippen LogP contribution in [0.4, 0.5) is 4.79 Å².